The van der Waals surface area contributed by atoms with E-state index in [2.05, 4.69) is 10.4 Å². The summed E-state index contributed by atoms with van der Waals surface area (Å²) in [5, 5.41) is 7.33. The second kappa shape index (κ2) is 6.48. The van der Waals surface area contributed by atoms with Crippen LogP contribution in [0.1, 0.15) is 27.3 Å². The maximum Gasteiger partial charge on any atom is 0.272 e. The number of carbonyl (C=O) groups is 1. The highest BCUT2D eigenvalue weighted by atomic mass is 16.1. The van der Waals surface area contributed by atoms with Crippen LogP contribution < -0.4 is 5.32 Å². The van der Waals surface area contributed by atoms with Crippen LogP contribution in [0.4, 0.5) is 0 Å². The molecule has 0 unspecified atom stereocenters. The molecule has 2 aromatic carbocycles. The van der Waals surface area contributed by atoms with Gasteiger partial charge in [0.1, 0.15) is 0 Å². The van der Waals surface area contributed by atoms with E-state index in [0.717, 1.165) is 16.9 Å². The summed E-state index contributed by atoms with van der Waals surface area (Å²) in [4.78, 5) is 12.3. The molecule has 4 heteroatoms. The van der Waals surface area contributed by atoms with Crippen LogP contribution in [0, 0.1) is 13.8 Å². The highest BCUT2D eigenvalue weighted by Crippen LogP contribution is 2.13. The molecule has 1 N–H and O–H groups in total. The number of hydrogen-bond donors (Lipinski definition) is 1. The number of nitrogens with zero attached hydrogens (tertiary/aromatic N) is 2. The quantitative estimate of drug-likeness (QED) is 0.803. The van der Waals surface area contributed by atoms with Gasteiger partial charge in [0.25, 0.3) is 5.91 Å². The van der Waals surface area contributed by atoms with E-state index in [9.17, 15) is 4.79 Å². The highest BCUT2D eigenvalue weighted by molar-refractivity contribution is 5.92. The van der Waals surface area contributed by atoms with Gasteiger partial charge in [0.15, 0.2) is 5.69 Å². The van der Waals surface area contributed by atoms with Crippen LogP contribution in [0.2, 0.25) is 0 Å². The fourth-order valence-electron chi connectivity index (χ4n) is 2.40. The Bertz CT molecular complexity index is 804. The second-order valence-electron chi connectivity index (χ2n) is 5.59. The number of benzene rings is 2. The minimum absolute atomic E-state index is 0.164. The molecule has 0 saturated carbocycles. The summed E-state index contributed by atoms with van der Waals surface area (Å²) in [6.07, 6.45) is 0. The molecule has 0 atom stereocenters. The van der Waals surface area contributed by atoms with Gasteiger partial charge >= 0.3 is 0 Å². The Morgan fingerprint density at radius 2 is 1.74 bits per heavy atom. The highest BCUT2D eigenvalue weighted by Gasteiger charge is 2.13. The molecule has 1 heterocycles. The van der Waals surface area contributed by atoms with E-state index in [0.29, 0.717) is 12.2 Å². The summed E-state index contributed by atoms with van der Waals surface area (Å²) in [6, 6.07) is 19.7. The number of hydrogen-bond acceptors (Lipinski definition) is 2. The maximum absolute atomic E-state index is 12.3. The lowest BCUT2D eigenvalue weighted by atomic mass is 10.2. The van der Waals surface area contributed by atoms with Crippen LogP contribution in [0.3, 0.4) is 0 Å². The molecule has 0 bridgehead atoms. The molecule has 0 spiro atoms. The number of rotatable bonds is 4. The lowest BCUT2D eigenvalue weighted by Gasteiger charge is -2.05. The average Bonchev–Trinajstić information content (AvgIpc) is 2.96. The van der Waals surface area contributed by atoms with Gasteiger partial charge in [-0.15, -0.1) is 0 Å². The molecule has 0 aliphatic heterocycles. The van der Waals surface area contributed by atoms with Crippen molar-refractivity contribution in [2.24, 2.45) is 0 Å². The number of carbonyl (C=O) groups excluding carboxylic acids is 1. The van der Waals surface area contributed by atoms with Crippen molar-refractivity contribution in [1.29, 1.82) is 0 Å². The van der Waals surface area contributed by atoms with Crippen LogP contribution in [0.15, 0.2) is 60.7 Å². The monoisotopic (exact) mass is 305 g/mol. The Labute approximate surface area is 135 Å². The van der Waals surface area contributed by atoms with E-state index in [4.69, 9.17) is 0 Å². The van der Waals surface area contributed by atoms with Gasteiger partial charge < -0.3 is 5.32 Å². The molecule has 23 heavy (non-hydrogen) atoms. The summed E-state index contributed by atoms with van der Waals surface area (Å²) in [6.45, 7) is 4.49. The van der Waals surface area contributed by atoms with Gasteiger partial charge in [0.2, 0.25) is 0 Å². The van der Waals surface area contributed by atoms with Crippen molar-refractivity contribution < 1.29 is 4.79 Å². The molecule has 0 radical (unpaired) electrons. The zero-order chi connectivity index (χ0) is 16.2. The maximum atomic E-state index is 12.3. The van der Waals surface area contributed by atoms with Gasteiger partial charge in [0.05, 0.1) is 5.69 Å². The van der Waals surface area contributed by atoms with E-state index >= 15 is 0 Å². The van der Waals surface area contributed by atoms with Crippen LogP contribution in [0.5, 0.6) is 0 Å². The SMILES string of the molecule is Cc1ccc(-n2nc(C(=O)NCc3ccccc3)cc2C)cc1. The lowest BCUT2D eigenvalue weighted by Crippen LogP contribution is -2.23. The van der Waals surface area contributed by atoms with Crippen LogP contribution in [-0.4, -0.2) is 15.7 Å². The van der Waals surface area contributed by atoms with Crippen molar-refractivity contribution in [1.82, 2.24) is 15.1 Å². The Morgan fingerprint density at radius 3 is 2.43 bits per heavy atom. The Hall–Kier alpha value is -2.88. The molecular weight excluding hydrogens is 286 g/mol. The summed E-state index contributed by atoms with van der Waals surface area (Å²) < 4.78 is 1.79. The first kappa shape index (κ1) is 15.0. The van der Waals surface area contributed by atoms with Crippen molar-refractivity contribution >= 4 is 5.91 Å². The zero-order valence-electron chi connectivity index (χ0n) is 13.3. The Kier molecular flexibility index (Phi) is 4.24. The van der Waals surface area contributed by atoms with Gasteiger partial charge in [0, 0.05) is 12.2 Å². The third-order valence-electron chi connectivity index (χ3n) is 3.69. The smallest absolute Gasteiger partial charge is 0.272 e. The number of nitrogens with one attached hydrogen (secondary N) is 1. The third-order valence-corrected chi connectivity index (χ3v) is 3.69. The first-order valence-corrected chi connectivity index (χ1v) is 7.59. The number of amides is 1. The van der Waals surface area contributed by atoms with Crippen molar-refractivity contribution in [3.05, 3.63) is 83.2 Å². The minimum atomic E-state index is -0.164. The fraction of sp³-hybridized carbons (Fsp3) is 0.158. The lowest BCUT2D eigenvalue weighted by molar-refractivity contribution is 0.0945. The van der Waals surface area contributed by atoms with Crippen molar-refractivity contribution in [3.8, 4) is 5.69 Å². The van der Waals surface area contributed by atoms with Gasteiger partial charge in [-0.25, -0.2) is 4.68 Å². The number of aromatic nitrogens is 2. The van der Waals surface area contributed by atoms with E-state index < -0.39 is 0 Å². The second-order valence-corrected chi connectivity index (χ2v) is 5.59. The van der Waals surface area contributed by atoms with Crippen molar-refractivity contribution in [2.45, 2.75) is 20.4 Å². The molecule has 0 saturated heterocycles. The van der Waals surface area contributed by atoms with Gasteiger partial charge in [-0.2, -0.15) is 5.10 Å². The molecule has 0 aliphatic carbocycles. The molecule has 3 rings (SSSR count). The van der Waals surface area contributed by atoms with E-state index in [1.54, 1.807) is 10.7 Å². The largest absolute Gasteiger partial charge is 0.347 e. The normalized spacial score (nSPS) is 10.5. The molecule has 0 fully saturated rings. The number of aryl methyl sites for hydroxylation is 2. The van der Waals surface area contributed by atoms with E-state index in [1.807, 2.05) is 68.4 Å². The van der Waals surface area contributed by atoms with Gasteiger partial charge in [-0.05, 0) is 37.6 Å². The minimum Gasteiger partial charge on any atom is -0.347 e. The van der Waals surface area contributed by atoms with Crippen LogP contribution in [0.25, 0.3) is 5.69 Å². The Balaban J connectivity index is 1.75. The van der Waals surface area contributed by atoms with E-state index in [-0.39, 0.29) is 5.91 Å². The van der Waals surface area contributed by atoms with Crippen LogP contribution >= 0.6 is 0 Å². The van der Waals surface area contributed by atoms with E-state index in [1.165, 1.54) is 5.56 Å². The molecule has 1 aromatic heterocycles. The van der Waals surface area contributed by atoms with Crippen LogP contribution in [-0.2, 0) is 6.54 Å². The zero-order valence-corrected chi connectivity index (χ0v) is 13.3. The summed E-state index contributed by atoms with van der Waals surface area (Å²) in [5.74, 6) is -0.164. The standard InChI is InChI=1S/C19H19N3O/c1-14-8-10-17(11-9-14)22-15(2)12-18(21-22)19(23)20-13-16-6-4-3-5-7-16/h3-12H,13H2,1-2H3,(H,20,23). The third kappa shape index (κ3) is 3.48. The van der Waals surface area contributed by atoms with Gasteiger partial charge in [-0.3, -0.25) is 4.79 Å². The predicted molar refractivity (Wildman–Crippen MR) is 90.7 cm³/mol. The first-order chi connectivity index (χ1) is 11.1. The first-order valence-electron chi connectivity index (χ1n) is 7.59. The summed E-state index contributed by atoms with van der Waals surface area (Å²) in [5.41, 5.74) is 4.57. The predicted octanol–water partition coefficient (Wildman–Crippen LogP) is 3.42. The molecule has 1 amide bonds. The summed E-state index contributed by atoms with van der Waals surface area (Å²) in [7, 11) is 0. The van der Waals surface area contributed by atoms with Crippen molar-refractivity contribution in [3.63, 3.8) is 0 Å². The fourth-order valence-corrected chi connectivity index (χ4v) is 2.40. The Morgan fingerprint density at radius 1 is 1.04 bits per heavy atom. The molecule has 0 aliphatic rings. The molecule has 4 nitrogen and oxygen atoms in total. The average molecular weight is 305 g/mol. The van der Waals surface area contributed by atoms with Gasteiger partial charge in [-0.1, -0.05) is 48.0 Å². The molecule has 116 valence electrons. The molecular formula is C19H19N3O. The van der Waals surface area contributed by atoms with Crippen molar-refractivity contribution in [2.75, 3.05) is 0 Å². The molecule has 3 aromatic rings. The summed E-state index contributed by atoms with van der Waals surface area (Å²) >= 11 is 0. The topological polar surface area (TPSA) is 46.9 Å².